The van der Waals surface area contributed by atoms with Crippen molar-refractivity contribution in [3.63, 3.8) is 0 Å². The second-order valence-electron chi connectivity index (χ2n) is 5.20. The number of benzene rings is 1. The second-order valence-corrected chi connectivity index (χ2v) is 5.20. The van der Waals surface area contributed by atoms with Crippen LogP contribution in [0.5, 0.6) is 0 Å². The van der Waals surface area contributed by atoms with Gasteiger partial charge < -0.3 is 10.2 Å². The molecule has 108 valence electrons. The van der Waals surface area contributed by atoms with Gasteiger partial charge in [-0.2, -0.15) is 0 Å². The van der Waals surface area contributed by atoms with Crippen LogP contribution in [0, 0.1) is 0 Å². The zero-order valence-electron chi connectivity index (χ0n) is 12.1. The van der Waals surface area contributed by atoms with Crippen molar-refractivity contribution in [3.05, 3.63) is 66.4 Å². The van der Waals surface area contributed by atoms with Crippen LogP contribution in [-0.2, 0) is 6.54 Å². The van der Waals surface area contributed by atoms with Crippen molar-refractivity contribution in [1.82, 2.24) is 9.88 Å². The normalized spacial score (nSPS) is 12.9. The lowest BCUT2D eigenvalue weighted by molar-refractivity contribution is 0.224. The molecule has 2 aromatic heterocycles. The van der Waals surface area contributed by atoms with E-state index in [2.05, 4.69) is 29.1 Å². The van der Waals surface area contributed by atoms with E-state index in [1.165, 1.54) is 5.39 Å². The average molecular weight is 281 g/mol. The summed E-state index contributed by atoms with van der Waals surface area (Å²) >= 11 is 0. The first-order valence-corrected chi connectivity index (χ1v) is 7.05. The highest BCUT2D eigenvalue weighted by Gasteiger charge is 2.19. The van der Waals surface area contributed by atoms with Crippen LogP contribution in [0.4, 0.5) is 0 Å². The zero-order valence-corrected chi connectivity index (χ0v) is 12.1. The van der Waals surface area contributed by atoms with Gasteiger partial charge in [-0.3, -0.25) is 9.88 Å². The van der Waals surface area contributed by atoms with Crippen molar-refractivity contribution in [3.8, 4) is 0 Å². The van der Waals surface area contributed by atoms with Gasteiger partial charge >= 0.3 is 0 Å². The van der Waals surface area contributed by atoms with Crippen LogP contribution in [0.2, 0.25) is 0 Å². The maximum absolute atomic E-state index is 6.03. The molecule has 0 spiro atoms. The summed E-state index contributed by atoms with van der Waals surface area (Å²) < 4.78 is 5.42. The molecular formula is C17H19N3O. The minimum absolute atomic E-state index is 0.105. The molecule has 0 saturated heterocycles. The molecule has 1 aromatic carbocycles. The number of rotatable bonds is 5. The minimum Gasteiger partial charge on any atom is -0.468 e. The molecule has 0 aliphatic heterocycles. The van der Waals surface area contributed by atoms with E-state index in [0.717, 1.165) is 23.3 Å². The van der Waals surface area contributed by atoms with E-state index in [4.69, 9.17) is 10.2 Å². The van der Waals surface area contributed by atoms with Crippen molar-refractivity contribution >= 4 is 10.8 Å². The molecule has 0 fully saturated rings. The van der Waals surface area contributed by atoms with Crippen LogP contribution in [0.25, 0.3) is 10.8 Å². The number of hydrogen-bond acceptors (Lipinski definition) is 4. The molecule has 21 heavy (non-hydrogen) atoms. The molecule has 4 nitrogen and oxygen atoms in total. The Balaban J connectivity index is 1.94. The quantitative estimate of drug-likeness (QED) is 0.781. The monoisotopic (exact) mass is 281 g/mol. The van der Waals surface area contributed by atoms with E-state index in [9.17, 15) is 0 Å². The lowest BCUT2D eigenvalue weighted by Crippen LogP contribution is -2.30. The fourth-order valence-corrected chi connectivity index (χ4v) is 2.71. The first-order chi connectivity index (χ1) is 10.3. The van der Waals surface area contributed by atoms with Gasteiger partial charge in [-0.15, -0.1) is 0 Å². The lowest BCUT2D eigenvalue weighted by atomic mass is 10.0. The number of pyridine rings is 1. The Morgan fingerprint density at radius 1 is 1.19 bits per heavy atom. The summed E-state index contributed by atoms with van der Waals surface area (Å²) in [6.45, 7) is 1.25. The maximum Gasteiger partial charge on any atom is 0.117 e. The van der Waals surface area contributed by atoms with Crippen LogP contribution < -0.4 is 5.73 Å². The lowest BCUT2D eigenvalue weighted by Gasteiger charge is -2.27. The minimum atomic E-state index is 0.105. The molecule has 3 aromatic rings. The van der Waals surface area contributed by atoms with Crippen molar-refractivity contribution in [2.45, 2.75) is 12.6 Å². The molecular weight excluding hydrogens is 262 g/mol. The second kappa shape index (κ2) is 6.08. The first-order valence-electron chi connectivity index (χ1n) is 7.05. The topological polar surface area (TPSA) is 55.3 Å². The fourth-order valence-electron chi connectivity index (χ4n) is 2.71. The third-order valence-electron chi connectivity index (χ3n) is 3.80. The Morgan fingerprint density at radius 3 is 2.81 bits per heavy atom. The van der Waals surface area contributed by atoms with Gasteiger partial charge in [0.25, 0.3) is 0 Å². The van der Waals surface area contributed by atoms with Gasteiger partial charge in [0.1, 0.15) is 5.76 Å². The third kappa shape index (κ3) is 2.82. The van der Waals surface area contributed by atoms with Gasteiger partial charge in [0, 0.05) is 30.4 Å². The van der Waals surface area contributed by atoms with Crippen LogP contribution in [-0.4, -0.2) is 23.5 Å². The Kier molecular flexibility index (Phi) is 3.99. The number of fused-ring (bicyclic) bond motifs is 1. The number of likely N-dealkylation sites (N-methyl/N-ethyl adjacent to an activating group) is 1. The van der Waals surface area contributed by atoms with Gasteiger partial charge in [-0.05, 0) is 30.1 Å². The first kappa shape index (κ1) is 13.8. The molecule has 4 heteroatoms. The van der Waals surface area contributed by atoms with E-state index < -0.39 is 0 Å². The molecule has 1 unspecified atom stereocenters. The van der Waals surface area contributed by atoms with E-state index in [-0.39, 0.29) is 6.04 Å². The summed E-state index contributed by atoms with van der Waals surface area (Å²) in [5.74, 6) is 0.934. The summed E-state index contributed by atoms with van der Waals surface area (Å²) in [6.07, 6.45) is 5.50. The van der Waals surface area contributed by atoms with E-state index in [1.54, 1.807) is 6.26 Å². The van der Waals surface area contributed by atoms with Crippen LogP contribution >= 0.6 is 0 Å². The van der Waals surface area contributed by atoms with Crippen LogP contribution in [0.15, 0.2) is 59.5 Å². The van der Waals surface area contributed by atoms with Crippen LogP contribution in [0.3, 0.4) is 0 Å². The summed E-state index contributed by atoms with van der Waals surface area (Å²) in [6, 6.07) is 12.3. The number of aromatic nitrogens is 1. The number of furan rings is 1. The highest BCUT2D eigenvalue weighted by molar-refractivity contribution is 5.85. The Labute approximate surface area is 124 Å². The zero-order chi connectivity index (χ0) is 14.7. The third-order valence-corrected chi connectivity index (χ3v) is 3.80. The molecule has 0 bridgehead atoms. The summed E-state index contributed by atoms with van der Waals surface area (Å²) in [7, 11) is 2.06. The van der Waals surface area contributed by atoms with Crippen LogP contribution in [0.1, 0.15) is 17.4 Å². The summed E-state index contributed by atoms with van der Waals surface area (Å²) in [5.41, 5.74) is 7.18. The molecule has 2 N–H and O–H groups in total. The van der Waals surface area contributed by atoms with Crippen molar-refractivity contribution in [1.29, 1.82) is 0 Å². The summed E-state index contributed by atoms with van der Waals surface area (Å²) in [5, 5.41) is 2.34. The van der Waals surface area contributed by atoms with Gasteiger partial charge in [-0.25, -0.2) is 0 Å². The standard InChI is InChI=1S/C17H19N3O/c1-20(12-14-6-4-8-21-14)17(9-18)16-11-19-10-13-5-2-3-7-15(13)16/h2-8,10-11,17H,9,12,18H2,1H3. The van der Waals surface area contributed by atoms with Gasteiger partial charge in [0.2, 0.25) is 0 Å². The Morgan fingerprint density at radius 2 is 2.05 bits per heavy atom. The number of nitrogens with two attached hydrogens (primary N) is 1. The van der Waals surface area contributed by atoms with Gasteiger partial charge in [0.15, 0.2) is 0 Å². The predicted molar refractivity (Wildman–Crippen MR) is 83.7 cm³/mol. The smallest absolute Gasteiger partial charge is 0.117 e. The molecule has 0 aliphatic rings. The molecule has 3 rings (SSSR count). The SMILES string of the molecule is CN(Cc1ccco1)C(CN)c1cncc2ccccc12. The fraction of sp³-hybridized carbons (Fsp3) is 0.235. The van der Waals surface area contributed by atoms with E-state index in [0.29, 0.717) is 6.54 Å². The molecule has 0 aliphatic carbocycles. The highest BCUT2D eigenvalue weighted by Crippen LogP contribution is 2.27. The van der Waals surface area contributed by atoms with E-state index in [1.807, 2.05) is 36.7 Å². The van der Waals surface area contributed by atoms with Crippen molar-refractivity contribution in [2.75, 3.05) is 13.6 Å². The van der Waals surface area contributed by atoms with Gasteiger partial charge in [-0.1, -0.05) is 24.3 Å². The molecule has 2 heterocycles. The summed E-state index contributed by atoms with van der Waals surface area (Å²) in [4.78, 5) is 6.55. The molecule has 1 atom stereocenters. The van der Waals surface area contributed by atoms with E-state index >= 15 is 0 Å². The maximum atomic E-state index is 6.03. The Hall–Kier alpha value is -2.17. The van der Waals surface area contributed by atoms with Crippen molar-refractivity contribution in [2.24, 2.45) is 5.73 Å². The molecule has 0 saturated carbocycles. The molecule has 0 radical (unpaired) electrons. The average Bonchev–Trinajstić information content (AvgIpc) is 3.01. The molecule has 0 amide bonds. The van der Waals surface area contributed by atoms with Crippen molar-refractivity contribution < 1.29 is 4.42 Å². The number of nitrogens with zero attached hydrogens (tertiary/aromatic N) is 2. The number of hydrogen-bond donors (Lipinski definition) is 1. The Bertz CT molecular complexity index is 704. The largest absolute Gasteiger partial charge is 0.468 e. The predicted octanol–water partition coefficient (Wildman–Crippen LogP) is 2.96. The highest BCUT2D eigenvalue weighted by atomic mass is 16.3. The van der Waals surface area contributed by atoms with Gasteiger partial charge in [0.05, 0.1) is 12.8 Å².